The highest BCUT2D eigenvalue weighted by atomic mass is 16.5. The largest absolute Gasteiger partial charge is 0.481 e. The van der Waals surface area contributed by atoms with E-state index >= 15 is 0 Å². The van der Waals surface area contributed by atoms with E-state index in [0.29, 0.717) is 24.5 Å². The predicted octanol–water partition coefficient (Wildman–Crippen LogP) is 1.77. The van der Waals surface area contributed by atoms with Gasteiger partial charge in [0.05, 0.1) is 24.8 Å². The standard InChI is InChI=1S/C19H25N3O3/c1-19(2,13-23)22-10-8-21(9-11-22)18(24)15-12-17(25-3)20-16-7-5-4-6-14(15)16/h4-7,12,23H,8-11,13H2,1-3H3. The van der Waals surface area contributed by atoms with E-state index in [-0.39, 0.29) is 18.1 Å². The predicted molar refractivity (Wildman–Crippen MR) is 96.9 cm³/mol. The van der Waals surface area contributed by atoms with Gasteiger partial charge in [0.1, 0.15) is 0 Å². The molecule has 0 radical (unpaired) electrons. The second-order valence-corrected chi connectivity index (χ2v) is 6.98. The molecular formula is C19H25N3O3. The zero-order chi connectivity index (χ0) is 18.0. The summed E-state index contributed by atoms with van der Waals surface area (Å²) in [6, 6.07) is 9.33. The number of rotatable bonds is 4. The molecule has 1 fully saturated rings. The van der Waals surface area contributed by atoms with Gasteiger partial charge in [0.15, 0.2) is 0 Å². The molecule has 0 spiro atoms. The first-order valence-corrected chi connectivity index (χ1v) is 8.55. The van der Waals surface area contributed by atoms with Crippen LogP contribution in [0.5, 0.6) is 5.88 Å². The summed E-state index contributed by atoms with van der Waals surface area (Å²) in [5, 5.41) is 10.4. The lowest BCUT2D eigenvalue weighted by Gasteiger charge is -2.43. The van der Waals surface area contributed by atoms with Crippen LogP contribution in [0, 0.1) is 0 Å². The summed E-state index contributed by atoms with van der Waals surface area (Å²) < 4.78 is 5.26. The van der Waals surface area contributed by atoms with E-state index in [1.54, 1.807) is 13.2 Å². The Balaban J connectivity index is 1.84. The van der Waals surface area contributed by atoms with Crippen molar-refractivity contribution in [3.8, 4) is 5.88 Å². The van der Waals surface area contributed by atoms with E-state index in [9.17, 15) is 9.90 Å². The van der Waals surface area contributed by atoms with Crippen LogP contribution in [0.2, 0.25) is 0 Å². The first kappa shape index (κ1) is 17.6. The Morgan fingerprint density at radius 3 is 2.56 bits per heavy atom. The molecular weight excluding hydrogens is 318 g/mol. The Kier molecular flexibility index (Phi) is 4.92. The molecule has 2 heterocycles. The Morgan fingerprint density at radius 2 is 1.92 bits per heavy atom. The zero-order valence-electron chi connectivity index (χ0n) is 15.0. The van der Waals surface area contributed by atoms with Crippen LogP contribution < -0.4 is 4.74 Å². The number of methoxy groups -OCH3 is 1. The maximum Gasteiger partial charge on any atom is 0.254 e. The molecule has 3 rings (SSSR count). The SMILES string of the molecule is COc1cc(C(=O)N2CCN(C(C)(C)CO)CC2)c2ccccc2n1. The van der Waals surface area contributed by atoms with Gasteiger partial charge in [-0.15, -0.1) is 0 Å². The summed E-state index contributed by atoms with van der Waals surface area (Å²) in [5.74, 6) is 0.445. The molecule has 0 bridgehead atoms. The monoisotopic (exact) mass is 343 g/mol. The summed E-state index contributed by atoms with van der Waals surface area (Å²) in [4.78, 5) is 21.6. The minimum absolute atomic E-state index is 0.00152. The van der Waals surface area contributed by atoms with Crippen molar-refractivity contribution in [1.82, 2.24) is 14.8 Å². The molecule has 1 N–H and O–H groups in total. The van der Waals surface area contributed by atoms with Gasteiger partial charge in [-0.3, -0.25) is 9.69 Å². The number of aliphatic hydroxyl groups is 1. The number of nitrogens with zero attached hydrogens (tertiary/aromatic N) is 3. The highest BCUT2D eigenvalue weighted by Crippen LogP contribution is 2.24. The molecule has 1 aromatic carbocycles. The number of ether oxygens (including phenoxy) is 1. The zero-order valence-corrected chi connectivity index (χ0v) is 15.0. The number of fused-ring (bicyclic) bond motifs is 1. The molecule has 25 heavy (non-hydrogen) atoms. The third-order valence-electron chi connectivity index (χ3n) is 4.94. The fourth-order valence-electron chi connectivity index (χ4n) is 3.22. The molecule has 0 atom stereocenters. The molecule has 0 aliphatic carbocycles. The number of hydrogen-bond acceptors (Lipinski definition) is 5. The third kappa shape index (κ3) is 3.45. The normalized spacial score (nSPS) is 16.2. The number of carbonyl (C=O) groups is 1. The van der Waals surface area contributed by atoms with Gasteiger partial charge in [0.2, 0.25) is 5.88 Å². The maximum absolute atomic E-state index is 13.1. The third-order valence-corrected chi connectivity index (χ3v) is 4.94. The lowest BCUT2D eigenvalue weighted by atomic mass is 10.0. The Hall–Kier alpha value is -2.18. The van der Waals surface area contributed by atoms with E-state index < -0.39 is 0 Å². The first-order chi connectivity index (χ1) is 12.0. The molecule has 2 aromatic rings. The Bertz CT molecular complexity index is 768. The van der Waals surface area contributed by atoms with Crippen LogP contribution >= 0.6 is 0 Å². The van der Waals surface area contributed by atoms with Crippen molar-refractivity contribution < 1.29 is 14.6 Å². The van der Waals surface area contributed by atoms with Crippen molar-refractivity contribution in [3.63, 3.8) is 0 Å². The molecule has 6 nitrogen and oxygen atoms in total. The van der Waals surface area contributed by atoms with Gasteiger partial charge in [-0.2, -0.15) is 0 Å². The van der Waals surface area contributed by atoms with E-state index in [2.05, 4.69) is 9.88 Å². The number of aliphatic hydroxyl groups excluding tert-OH is 1. The Labute approximate surface area is 148 Å². The molecule has 1 aliphatic heterocycles. The molecule has 1 amide bonds. The van der Waals surface area contributed by atoms with Gasteiger partial charge in [-0.05, 0) is 19.9 Å². The van der Waals surface area contributed by atoms with Crippen LogP contribution in [-0.4, -0.2) is 71.2 Å². The molecule has 6 heteroatoms. The second kappa shape index (κ2) is 6.98. The highest BCUT2D eigenvalue weighted by Gasteiger charge is 2.31. The van der Waals surface area contributed by atoms with Crippen LogP contribution in [0.15, 0.2) is 30.3 Å². The van der Waals surface area contributed by atoms with Gasteiger partial charge in [-0.1, -0.05) is 18.2 Å². The summed E-state index contributed by atoms with van der Waals surface area (Å²) >= 11 is 0. The number of amides is 1. The Morgan fingerprint density at radius 1 is 1.24 bits per heavy atom. The number of aromatic nitrogens is 1. The van der Waals surface area contributed by atoms with E-state index in [4.69, 9.17) is 4.74 Å². The minimum Gasteiger partial charge on any atom is -0.481 e. The average Bonchev–Trinajstić information content (AvgIpc) is 2.66. The van der Waals surface area contributed by atoms with Crippen molar-refractivity contribution in [1.29, 1.82) is 0 Å². The fraction of sp³-hybridized carbons (Fsp3) is 0.474. The smallest absolute Gasteiger partial charge is 0.254 e. The number of para-hydroxylation sites is 1. The van der Waals surface area contributed by atoms with Crippen LogP contribution in [0.3, 0.4) is 0 Å². The maximum atomic E-state index is 13.1. The molecule has 1 aliphatic rings. The van der Waals surface area contributed by atoms with Crippen molar-refractivity contribution in [2.75, 3.05) is 39.9 Å². The molecule has 0 unspecified atom stereocenters. The van der Waals surface area contributed by atoms with E-state index in [0.717, 1.165) is 24.0 Å². The van der Waals surface area contributed by atoms with E-state index in [1.165, 1.54) is 0 Å². The van der Waals surface area contributed by atoms with Crippen LogP contribution in [-0.2, 0) is 0 Å². The van der Waals surface area contributed by atoms with Crippen molar-refractivity contribution >= 4 is 16.8 Å². The number of piperazine rings is 1. The van der Waals surface area contributed by atoms with Gasteiger partial charge in [0.25, 0.3) is 5.91 Å². The molecule has 0 saturated carbocycles. The molecule has 1 saturated heterocycles. The number of pyridine rings is 1. The minimum atomic E-state index is -0.262. The van der Waals surface area contributed by atoms with Gasteiger partial charge < -0.3 is 14.7 Å². The lowest BCUT2D eigenvalue weighted by molar-refractivity contribution is 0.0165. The topological polar surface area (TPSA) is 65.9 Å². The quantitative estimate of drug-likeness (QED) is 0.917. The van der Waals surface area contributed by atoms with E-state index in [1.807, 2.05) is 43.0 Å². The molecule has 134 valence electrons. The van der Waals surface area contributed by atoms with Gasteiger partial charge >= 0.3 is 0 Å². The second-order valence-electron chi connectivity index (χ2n) is 6.98. The number of benzene rings is 1. The van der Waals surface area contributed by atoms with Crippen LogP contribution in [0.25, 0.3) is 10.9 Å². The highest BCUT2D eigenvalue weighted by molar-refractivity contribution is 6.06. The number of hydrogen-bond donors (Lipinski definition) is 1. The van der Waals surface area contributed by atoms with Crippen LogP contribution in [0.4, 0.5) is 0 Å². The first-order valence-electron chi connectivity index (χ1n) is 8.55. The summed E-state index contributed by atoms with van der Waals surface area (Å²) in [6.45, 7) is 6.92. The van der Waals surface area contributed by atoms with Crippen molar-refractivity contribution in [2.45, 2.75) is 19.4 Å². The summed E-state index contributed by atoms with van der Waals surface area (Å²) in [5.41, 5.74) is 1.12. The summed E-state index contributed by atoms with van der Waals surface area (Å²) in [7, 11) is 1.56. The van der Waals surface area contributed by atoms with Gasteiger partial charge in [0, 0.05) is 43.2 Å². The molecule has 1 aromatic heterocycles. The van der Waals surface area contributed by atoms with Gasteiger partial charge in [-0.25, -0.2) is 4.98 Å². The van der Waals surface area contributed by atoms with Crippen molar-refractivity contribution in [2.24, 2.45) is 0 Å². The van der Waals surface area contributed by atoms with Crippen LogP contribution in [0.1, 0.15) is 24.2 Å². The van der Waals surface area contributed by atoms with Crippen molar-refractivity contribution in [3.05, 3.63) is 35.9 Å². The lowest BCUT2D eigenvalue weighted by Crippen LogP contribution is -2.57. The number of carbonyl (C=O) groups excluding carboxylic acids is 1. The average molecular weight is 343 g/mol. The fourth-order valence-corrected chi connectivity index (χ4v) is 3.22. The summed E-state index contributed by atoms with van der Waals surface area (Å²) in [6.07, 6.45) is 0.